The van der Waals surface area contributed by atoms with Crippen LogP contribution in [0.4, 0.5) is 5.69 Å². The summed E-state index contributed by atoms with van der Waals surface area (Å²) in [7, 11) is -3.45. The van der Waals surface area contributed by atoms with Gasteiger partial charge in [0.25, 0.3) is 5.56 Å². The molecule has 0 aliphatic heterocycles. The topological polar surface area (TPSA) is 118 Å². The molecule has 2 aromatic heterocycles. The average molecular weight is 347 g/mol. The maximum atomic E-state index is 12.3. The zero-order valence-corrected chi connectivity index (χ0v) is 13.6. The molecule has 0 aliphatic carbocycles. The number of sulfonamides is 1. The fraction of sp³-hybridized carbons (Fsp3) is 0.133. The van der Waals surface area contributed by atoms with Gasteiger partial charge in [0.2, 0.25) is 10.0 Å². The lowest BCUT2D eigenvalue weighted by Gasteiger charge is -2.11. The van der Waals surface area contributed by atoms with Crippen LogP contribution in [-0.4, -0.2) is 35.1 Å². The number of nitrogens with zero attached hydrogens (tertiary/aromatic N) is 2. The summed E-state index contributed by atoms with van der Waals surface area (Å²) >= 11 is 0. The summed E-state index contributed by atoms with van der Waals surface area (Å²) in [5, 5.41) is 10.4. The monoisotopic (exact) mass is 347 g/mol. The lowest BCUT2D eigenvalue weighted by atomic mass is 10.1. The molecule has 8 nitrogen and oxygen atoms in total. The quantitative estimate of drug-likeness (QED) is 0.688. The van der Waals surface area contributed by atoms with Gasteiger partial charge in [0.15, 0.2) is 0 Å². The number of aromatic nitrogens is 2. The van der Waals surface area contributed by atoms with E-state index in [1.54, 1.807) is 25.1 Å². The van der Waals surface area contributed by atoms with E-state index < -0.39 is 27.1 Å². The third-order valence-electron chi connectivity index (χ3n) is 3.54. The highest BCUT2D eigenvalue weighted by Gasteiger charge is 2.15. The number of rotatable bonds is 3. The zero-order valence-electron chi connectivity index (χ0n) is 12.8. The Bertz CT molecular complexity index is 1170. The highest BCUT2D eigenvalue weighted by atomic mass is 32.2. The van der Waals surface area contributed by atoms with Crippen LogP contribution < -0.4 is 10.3 Å². The number of carboxylic acid groups (broad SMARTS) is 1. The minimum atomic E-state index is -3.45. The van der Waals surface area contributed by atoms with E-state index in [-0.39, 0.29) is 5.65 Å². The van der Waals surface area contributed by atoms with Crippen LogP contribution in [0.15, 0.2) is 35.4 Å². The summed E-state index contributed by atoms with van der Waals surface area (Å²) in [6, 6.07) is 4.89. The molecule has 0 radical (unpaired) electrons. The third kappa shape index (κ3) is 2.69. The summed E-state index contributed by atoms with van der Waals surface area (Å²) in [4.78, 5) is 27.5. The van der Waals surface area contributed by atoms with Crippen LogP contribution in [0.3, 0.4) is 0 Å². The van der Waals surface area contributed by atoms with Crippen LogP contribution >= 0.6 is 0 Å². The standard InChI is InChI=1S/C15H13N3O5S/c1-8-7-18-13(16-6-12(14(18)19)15(20)21)11-5-9(3-4-10(8)11)17-24(2,22)23/h3-7,17H,1-2H3,(H,20,21). The number of nitrogens with one attached hydrogen (secondary N) is 1. The van der Waals surface area contributed by atoms with Crippen molar-refractivity contribution in [2.45, 2.75) is 6.92 Å². The Labute approximate surface area is 136 Å². The van der Waals surface area contributed by atoms with Crippen molar-refractivity contribution < 1.29 is 18.3 Å². The van der Waals surface area contributed by atoms with Gasteiger partial charge in [-0.3, -0.25) is 13.9 Å². The molecule has 0 unspecified atom stereocenters. The van der Waals surface area contributed by atoms with Crippen LogP contribution in [0, 0.1) is 6.92 Å². The van der Waals surface area contributed by atoms with Crippen LogP contribution in [0.1, 0.15) is 15.9 Å². The second-order valence-corrected chi connectivity index (χ2v) is 7.17. The van der Waals surface area contributed by atoms with E-state index in [9.17, 15) is 18.0 Å². The van der Waals surface area contributed by atoms with Gasteiger partial charge in [-0.05, 0) is 30.0 Å². The Morgan fingerprint density at radius 3 is 2.62 bits per heavy atom. The molecule has 0 saturated heterocycles. The maximum Gasteiger partial charge on any atom is 0.342 e. The van der Waals surface area contributed by atoms with Crippen LogP contribution in [0.5, 0.6) is 0 Å². The van der Waals surface area contributed by atoms with Crippen molar-refractivity contribution in [2.24, 2.45) is 0 Å². The zero-order chi connectivity index (χ0) is 17.6. The number of carboxylic acids is 1. The highest BCUT2D eigenvalue weighted by molar-refractivity contribution is 7.92. The van der Waals surface area contributed by atoms with Crippen molar-refractivity contribution >= 4 is 38.1 Å². The number of hydrogen-bond donors (Lipinski definition) is 2. The van der Waals surface area contributed by atoms with Gasteiger partial charge in [0.1, 0.15) is 11.2 Å². The molecule has 3 aromatic rings. The van der Waals surface area contributed by atoms with E-state index in [4.69, 9.17) is 5.11 Å². The third-order valence-corrected chi connectivity index (χ3v) is 4.14. The van der Waals surface area contributed by atoms with Gasteiger partial charge >= 0.3 is 5.97 Å². The Morgan fingerprint density at radius 1 is 1.29 bits per heavy atom. The number of benzene rings is 1. The molecule has 0 aliphatic rings. The summed E-state index contributed by atoms with van der Waals surface area (Å²) in [6.45, 7) is 1.77. The first-order valence-electron chi connectivity index (χ1n) is 6.83. The number of fused-ring (bicyclic) bond motifs is 3. The smallest absolute Gasteiger partial charge is 0.342 e. The molecular weight excluding hydrogens is 334 g/mol. The van der Waals surface area contributed by atoms with Gasteiger partial charge in [0.05, 0.1) is 6.26 Å². The van der Waals surface area contributed by atoms with Gasteiger partial charge in [-0.15, -0.1) is 0 Å². The molecule has 0 fully saturated rings. The second kappa shape index (κ2) is 5.31. The molecule has 9 heteroatoms. The lowest BCUT2D eigenvalue weighted by Crippen LogP contribution is -2.23. The Balaban J connectivity index is 2.40. The SMILES string of the molecule is Cc1cn2c(=O)c(C(=O)O)cnc2c2cc(NS(C)(=O)=O)ccc12. The number of carbonyl (C=O) groups is 1. The molecule has 1 aromatic carbocycles. The first-order chi connectivity index (χ1) is 11.2. The van der Waals surface area contributed by atoms with Crippen LogP contribution in [0.2, 0.25) is 0 Å². The predicted molar refractivity (Wildman–Crippen MR) is 89.1 cm³/mol. The average Bonchev–Trinajstić information content (AvgIpc) is 2.46. The van der Waals surface area contributed by atoms with Gasteiger partial charge in [-0.25, -0.2) is 18.2 Å². The molecule has 2 N–H and O–H groups in total. The molecule has 0 bridgehead atoms. The normalized spacial score (nSPS) is 11.8. The molecule has 0 amide bonds. The molecular formula is C15H13N3O5S. The van der Waals surface area contributed by atoms with E-state index in [0.29, 0.717) is 11.1 Å². The maximum absolute atomic E-state index is 12.3. The van der Waals surface area contributed by atoms with Crippen LogP contribution in [0.25, 0.3) is 16.4 Å². The Kier molecular flexibility index (Phi) is 3.52. The van der Waals surface area contributed by atoms with E-state index >= 15 is 0 Å². The molecule has 124 valence electrons. The minimum absolute atomic E-state index is 0.253. The number of hydrogen-bond acceptors (Lipinski definition) is 5. The summed E-state index contributed by atoms with van der Waals surface area (Å²) < 4.78 is 26.3. The van der Waals surface area contributed by atoms with E-state index in [1.807, 2.05) is 0 Å². The summed E-state index contributed by atoms with van der Waals surface area (Å²) in [6.07, 6.45) is 3.56. The van der Waals surface area contributed by atoms with Crippen molar-refractivity contribution in [3.8, 4) is 0 Å². The van der Waals surface area contributed by atoms with Crippen molar-refractivity contribution in [3.05, 3.63) is 52.1 Å². The van der Waals surface area contributed by atoms with Gasteiger partial charge in [-0.2, -0.15) is 0 Å². The fourth-order valence-corrected chi connectivity index (χ4v) is 3.10. The minimum Gasteiger partial charge on any atom is -0.477 e. The highest BCUT2D eigenvalue weighted by Crippen LogP contribution is 2.25. The lowest BCUT2D eigenvalue weighted by molar-refractivity contribution is 0.0694. The van der Waals surface area contributed by atoms with Crippen molar-refractivity contribution in [1.82, 2.24) is 9.38 Å². The number of anilines is 1. The number of pyridine rings is 1. The summed E-state index contributed by atoms with van der Waals surface area (Å²) in [5.74, 6) is -1.35. The summed E-state index contributed by atoms with van der Waals surface area (Å²) in [5.41, 5.74) is 0.183. The molecule has 0 atom stereocenters. The van der Waals surface area contributed by atoms with E-state index in [0.717, 1.165) is 27.8 Å². The van der Waals surface area contributed by atoms with Gasteiger partial charge < -0.3 is 5.11 Å². The van der Waals surface area contributed by atoms with Gasteiger partial charge in [0, 0.05) is 23.5 Å². The molecule has 2 heterocycles. The Morgan fingerprint density at radius 2 is 2.00 bits per heavy atom. The molecule has 3 rings (SSSR count). The molecule has 24 heavy (non-hydrogen) atoms. The molecule has 0 saturated carbocycles. The molecule has 0 spiro atoms. The van der Waals surface area contributed by atoms with Crippen molar-refractivity contribution in [2.75, 3.05) is 11.0 Å². The first-order valence-corrected chi connectivity index (χ1v) is 8.72. The second-order valence-electron chi connectivity index (χ2n) is 5.42. The van der Waals surface area contributed by atoms with Crippen LogP contribution in [-0.2, 0) is 10.0 Å². The van der Waals surface area contributed by atoms with E-state index in [2.05, 4.69) is 9.71 Å². The Hall–Kier alpha value is -2.94. The fourth-order valence-electron chi connectivity index (χ4n) is 2.55. The number of aryl methyl sites for hydroxylation is 1. The largest absolute Gasteiger partial charge is 0.477 e. The van der Waals surface area contributed by atoms with Crippen molar-refractivity contribution in [1.29, 1.82) is 0 Å². The van der Waals surface area contributed by atoms with Crippen molar-refractivity contribution in [3.63, 3.8) is 0 Å². The first kappa shape index (κ1) is 15.9. The predicted octanol–water partition coefficient (Wildman–Crippen LogP) is 1.23. The number of aromatic carboxylic acids is 1. The van der Waals surface area contributed by atoms with Gasteiger partial charge in [-0.1, -0.05) is 6.07 Å². The van der Waals surface area contributed by atoms with E-state index in [1.165, 1.54) is 6.20 Å².